The summed E-state index contributed by atoms with van der Waals surface area (Å²) in [5.41, 5.74) is 0. The lowest BCUT2D eigenvalue weighted by atomic mass is 9.99. The van der Waals surface area contributed by atoms with Gasteiger partial charge in [0.05, 0.1) is 0 Å². The van der Waals surface area contributed by atoms with Gasteiger partial charge in [-0.05, 0) is 12.3 Å². The Balaban J connectivity index is 2.30. The molecular formula is C14H27N3O2. The van der Waals surface area contributed by atoms with Crippen molar-refractivity contribution in [3.05, 3.63) is 0 Å². The molecule has 0 spiro atoms. The molecule has 0 radical (unpaired) electrons. The van der Waals surface area contributed by atoms with E-state index in [9.17, 15) is 9.59 Å². The first-order valence-electron chi connectivity index (χ1n) is 7.46. The van der Waals surface area contributed by atoms with E-state index in [1.54, 1.807) is 4.90 Å². The summed E-state index contributed by atoms with van der Waals surface area (Å²) in [4.78, 5) is 25.3. The Kier molecular flexibility index (Phi) is 7.48. The highest BCUT2D eigenvalue weighted by Gasteiger charge is 2.23. The number of amides is 2. The lowest BCUT2D eigenvalue weighted by Gasteiger charge is -2.27. The summed E-state index contributed by atoms with van der Waals surface area (Å²) >= 11 is 0. The zero-order chi connectivity index (χ0) is 14.1. The van der Waals surface area contributed by atoms with E-state index in [0.29, 0.717) is 25.6 Å². The highest BCUT2D eigenvalue weighted by molar-refractivity contribution is 6.35. The highest BCUT2D eigenvalue weighted by Crippen LogP contribution is 2.11. The van der Waals surface area contributed by atoms with Gasteiger partial charge in [0, 0.05) is 32.7 Å². The van der Waals surface area contributed by atoms with Gasteiger partial charge < -0.3 is 15.5 Å². The third-order valence-corrected chi connectivity index (χ3v) is 3.69. The average Bonchev–Trinajstić information content (AvgIpc) is 2.47. The van der Waals surface area contributed by atoms with Crippen LogP contribution in [-0.4, -0.2) is 49.4 Å². The predicted molar refractivity (Wildman–Crippen MR) is 75.8 cm³/mol. The molecule has 1 unspecified atom stereocenters. The van der Waals surface area contributed by atoms with Gasteiger partial charge in [-0.3, -0.25) is 9.59 Å². The van der Waals surface area contributed by atoms with Crippen molar-refractivity contribution in [3.63, 3.8) is 0 Å². The van der Waals surface area contributed by atoms with Gasteiger partial charge >= 0.3 is 11.8 Å². The second-order valence-electron chi connectivity index (χ2n) is 5.17. The molecule has 0 bridgehead atoms. The van der Waals surface area contributed by atoms with E-state index in [2.05, 4.69) is 24.5 Å². The molecule has 110 valence electrons. The van der Waals surface area contributed by atoms with Gasteiger partial charge in [-0.2, -0.15) is 0 Å². The molecule has 0 aromatic carbocycles. The van der Waals surface area contributed by atoms with Crippen LogP contribution in [0.15, 0.2) is 0 Å². The van der Waals surface area contributed by atoms with E-state index < -0.39 is 5.91 Å². The van der Waals surface area contributed by atoms with Crippen molar-refractivity contribution in [2.24, 2.45) is 5.92 Å². The van der Waals surface area contributed by atoms with Crippen molar-refractivity contribution in [2.45, 2.75) is 39.5 Å². The molecule has 1 heterocycles. The zero-order valence-electron chi connectivity index (χ0n) is 12.2. The Morgan fingerprint density at radius 2 is 1.95 bits per heavy atom. The molecule has 5 nitrogen and oxygen atoms in total. The zero-order valence-corrected chi connectivity index (χ0v) is 12.2. The minimum atomic E-state index is -0.447. The number of hydrogen-bond donors (Lipinski definition) is 2. The molecule has 1 aliphatic heterocycles. The number of rotatable bonds is 6. The molecule has 1 atom stereocenters. The Labute approximate surface area is 116 Å². The maximum atomic E-state index is 11.9. The molecule has 1 aliphatic rings. The third-order valence-electron chi connectivity index (χ3n) is 3.69. The summed E-state index contributed by atoms with van der Waals surface area (Å²) in [5.74, 6) is -0.344. The Morgan fingerprint density at radius 1 is 1.26 bits per heavy atom. The fraction of sp³-hybridized carbons (Fsp3) is 0.857. The van der Waals surface area contributed by atoms with Gasteiger partial charge in [0.1, 0.15) is 0 Å². The highest BCUT2D eigenvalue weighted by atomic mass is 16.2. The van der Waals surface area contributed by atoms with Crippen molar-refractivity contribution >= 4 is 11.8 Å². The summed E-state index contributed by atoms with van der Waals surface area (Å²) in [5, 5.41) is 5.95. The minimum absolute atomic E-state index is 0.383. The maximum Gasteiger partial charge on any atom is 0.311 e. The topological polar surface area (TPSA) is 61.4 Å². The van der Waals surface area contributed by atoms with Crippen LogP contribution in [0.1, 0.15) is 39.5 Å². The summed E-state index contributed by atoms with van der Waals surface area (Å²) in [6.07, 6.45) is 4.52. The van der Waals surface area contributed by atoms with Crippen molar-refractivity contribution in [1.82, 2.24) is 15.5 Å². The Bertz CT molecular complexity index is 288. The number of piperazine rings is 1. The average molecular weight is 269 g/mol. The fourth-order valence-electron chi connectivity index (χ4n) is 2.27. The molecule has 1 fully saturated rings. The minimum Gasteiger partial charge on any atom is -0.348 e. The van der Waals surface area contributed by atoms with E-state index in [1.165, 1.54) is 12.8 Å². The van der Waals surface area contributed by atoms with Crippen LogP contribution in [0.4, 0.5) is 0 Å². The van der Waals surface area contributed by atoms with E-state index in [1.807, 2.05) is 0 Å². The van der Waals surface area contributed by atoms with Crippen molar-refractivity contribution < 1.29 is 9.59 Å². The first kappa shape index (κ1) is 16.0. The van der Waals surface area contributed by atoms with Crippen LogP contribution in [0.25, 0.3) is 0 Å². The van der Waals surface area contributed by atoms with Crippen molar-refractivity contribution in [3.8, 4) is 0 Å². The van der Waals surface area contributed by atoms with E-state index in [0.717, 1.165) is 25.9 Å². The quantitative estimate of drug-likeness (QED) is 0.700. The monoisotopic (exact) mass is 269 g/mol. The molecule has 2 amide bonds. The second kappa shape index (κ2) is 8.91. The van der Waals surface area contributed by atoms with Gasteiger partial charge in [-0.1, -0.05) is 33.1 Å². The van der Waals surface area contributed by atoms with Gasteiger partial charge in [0.2, 0.25) is 0 Å². The van der Waals surface area contributed by atoms with Gasteiger partial charge in [-0.25, -0.2) is 0 Å². The second-order valence-corrected chi connectivity index (χ2v) is 5.17. The molecule has 1 saturated heterocycles. The SMILES string of the molecule is CCCCC(CC)CNC(=O)C(=O)N1CCNCC1. The van der Waals surface area contributed by atoms with Crippen LogP contribution in [-0.2, 0) is 9.59 Å². The summed E-state index contributed by atoms with van der Waals surface area (Å²) in [7, 11) is 0. The molecule has 1 rings (SSSR count). The Morgan fingerprint density at radius 3 is 2.53 bits per heavy atom. The molecule has 2 N–H and O–H groups in total. The number of nitrogens with zero attached hydrogens (tertiary/aromatic N) is 1. The van der Waals surface area contributed by atoms with Crippen LogP contribution in [0.2, 0.25) is 0 Å². The summed E-state index contributed by atoms with van der Waals surface area (Å²) < 4.78 is 0. The van der Waals surface area contributed by atoms with Gasteiger partial charge in [0.25, 0.3) is 0 Å². The van der Waals surface area contributed by atoms with E-state index in [4.69, 9.17) is 0 Å². The number of carbonyl (C=O) groups excluding carboxylic acids is 2. The molecule has 0 aliphatic carbocycles. The number of nitrogens with one attached hydrogen (secondary N) is 2. The van der Waals surface area contributed by atoms with Crippen molar-refractivity contribution in [1.29, 1.82) is 0 Å². The maximum absolute atomic E-state index is 11.9. The molecule has 0 saturated carbocycles. The Hall–Kier alpha value is -1.10. The fourth-order valence-corrected chi connectivity index (χ4v) is 2.27. The van der Waals surface area contributed by atoms with Crippen LogP contribution < -0.4 is 10.6 Å². The molecule has 0 aromatic heterocycles. The predicted octanol–water partition coefficient (Wildman–Crippen LogP) is 0.751. The van der Waals surface area contributed by atoms with Crippen molar-refractivity contribution in [2.75, 3.05) is 32.7 Å². The number of unbranched alkanes of at least 4 members (excludes halogenated alkanes) is 1. The number of carbonyl (C=O) groups is 2. The van der Waals surface area contributed by atoms with E-state index in [-0.39, 0.29) is 5.91 Å². The van der Waals surface area contributed by atoms with E-state index >= 15 is 0 Å². The van der Waals surface area contributed by atoms with Crippen LogP contribution in [0.5, 0.6) is 0 Å². The van der Waals surface area contributed by atoms with Crippen LogP contribution in [0.3, 0.4) is 0 Å². The molecule has 0 aromatic rings. The smallest absolute Gasteiger partial charge is 0.311 e. The standard InChI is InChI=1S/C14H27N3O2/c1-3-5-6-12(4-2)11-16-13(18)14(19)17-9-7-15-8-10-17/h12,15H,3-11H2,1-2H3,(H,16,18). The summed E-state index contributed by atoms with van der Waals surface area (Å²) in [6, 6.07) is 0. The van der Waals surface area contributed by atoms with Gasteiger partial charge in [0.15, 0.2) is 0 Å². The normalized spacial score (nSPS) is 17.1. The lowest BCUT2D eigenvalue weighted by molar-refractivity contribution is -0.146. The first-order valence-corrected chi connectivity index (χ1v) is 7.46. The van der Waals surface area contributed by atoms with Gasteiger partial charge in [-0.15, -0.1) is 0 Å². The largest absolute Gasteiger partial charge is 0.348 e. The molecular weight excluding hydrogens is 242 g/mol. The molecule has 5 heteroatoms. The lowest BCUT2D eigenvalue weighted by Crippen LogP contribution is -2.51. The summed E-state index contributed by atoms with van der Waals surface area (Å²) in [6.45, 7) is 7.70. The van der Waals surface area contributed by atoms with Crippen LogP contribution >= 0.6 is 0 Å². The van der Waals surface area contributed by atoms with Crippen LogP contribution in [0, 0.1) is 5.92 Å². The number of hydrogen-bond acceptors (Lipinski definition) is 3. The molecule has 19 heavy (non-hydrogen) atoms. The first-order chi connectivity index (χ1) is 9.19. The third kappa shape index (κ3) is 5.59.